The lowest BCUT2D eigenvalue weighted by atomic mass is 9.99. The van der Waals surface area contributed by atoms with Crippen LogP contribution in [0.5, 0.6) is 0 Å². The van der Waals surface area contributed by atoms with Crippen molar-refractivity contribution in [3.8, 4) is 0 Å². The van der Waals surface area contributed by atoms with Crippen molar-refractivity contribution in [2.24, 2.45) is 5.92 Å². The maximum Gasteiger partial charge on any atom is 0.227 e. The molecule has 4 rings (SSSR count). The van der Waals surface area contributed by atoms with E-state index < -0.39 is 0 Å². The van der Waals surface area contributed by atoms with Gasteiger partial charge in [0, 0.05) is 51.0 Å². The van der Waals surface area contributed by atoms with Crippen LogP contribution in [0.3, 0.4) is 0 Å². The molecule has 2 aliphatic rings. The number of aromatic nitrogens is 2. The first-order chi connectivity index (χ1) is 13.7. The van der Waals surface area contributed by atoms with Gasteiger partial charge in [0.25, 0.3) is 0 Å². The largest absolute Gasteiger partial charge is 0.396 e. The molecule has 1 unspecified atom stereocenters. The number of aliphatic hydroxyl groups is 1. The number of aliphatic hydroxyl groups excluding tert-OH is 1. The number of nitrogens with one attached hydrogen (secondary N) is 1. The van der Waals surface area contributed by atoms with E-state index in [1.54, 1.807) is 6.33 Å². The summed E-state index contributed by atoms with van der Waals surface area (Å²) in [5.41, 5.74) is 2.10. The van der Waals surface area contributed by atoms with Gasteiger partial charge >= 0.3 is 0 Å². The van der Waals surface area contributed by atoms with E-state index in [0.29, 0.717) is 18.9 Å². The number of benzene rings is 1. The molecule has 2 N–H and O–H groups in total. The smallest absolute Gasteiger partial charge is 0.227 e. The average molecular weight is 381 g/mol. The zero-order valence-corrected chi connectivity index (χ0v) is 16.0. The molecule has 0 aliphatic carbocycles. The van der Waals surface area contributed by atoms with Gasteiger partial charge in [-0.25, -0.2) is 9.97 Å². The summed E-state index contributed by atoms with van der Waals surface area (Å²) < 4.78 is 0. The van der Waals surface area contributed by atoms with Gasteiger partial charge in [-0.2, -0.15) is 0 Å². The molecule has 0 bridgehead atoms. The third-order valence-corrected chi connectivity index (χ3v) is 5.55. The molecule has 28 heavy (non-hydrogen) atoms. The van der Waals surface area contributed by atoms with Crippen molar-refractivity contribution in [1.82, 2.24) is 9.97 Å². The lowest BCUT2D eigenvalue weighted by Crippen LogP contribution is -2.37. The van der Waals surface area contributed by atoms with Gasteiger partial charge in [0.2, 0.25) is 5.91 Å². The molecule has 0 spiro atoms. The third kappa shape index (κ3) is 4.25. The number of carbonyl (C=O) groups excluding carboxylic acids is 1. The number of nitrogens with zero attached hydrogens (tertiary/aromatic N) is 4. The molecule has 148 valence electrons. The van der Waals surface area contributed by atoms with Gasteiger partial charge in [-0.3, -0.25) is 4.79 Å². The first kappa shape index (κ1) is 18.7. The summed E-state index contributed by atoms with van der Waals surface area (Å²) in [5.74, 6) is 2.22. The van der Waals surface area contributed by atoms with Crippen molar-refractivity contribution in [3.05, 3.63) is 42.2 Å². The Hall–Kier alpha value is -2.67. The highest BCUT2D eigenvalue weighted by atomic mass is 16.3. The fourth-order valence-electron chi connectivity index (χ4n) is 3.95. The molecule has 1 aromatic carbocycles. The van der Waals surface area contributed by atoms with E-state index in [1.807, 2.05) is 35.2 Å². The van der Waals surface area contributed by atoms with Gasteiger partial charge in [-0.1, -0.05) is 12.1 Å². The Bertz CT molecular complexity index is 811. The second-order valence-corrected chi connectivity index (χ2v) is 7.57. The summed E-state index contributed by atoms with van der Waals surface area (Å²) in [7, 11) is 0. The second-order valence-electron chi connectivity index (χ2n) is 7.57. The summed E-state index contributed by atoms with van der Waals surface area (Å²) in [6.07, 6.45) is 5.32. The van der Waals surface area contributed by atoms with Crippen molar-refractivity contribution < 1.29 is 9.90 Å². The first-order valence-electron chi connectivity index (χ1n) is 10.0. The zero-order valence-electron chi connectivity index (χ0n) is 16.0. The minimum atomic E-state index is 0.209. The van der Waals surface area contributed by atoms with Gasteiger partial charge in [0.15, 0.2) is 0 Å². The maximum atomic E-state index is 11.9. The lowest BCUT2D eigenvalue weighted by Gasteiger charge is -2.32. The van der Waals surface area contributed by atoms with Crippen molar-refractivity contribution in [3.63, 3.8) is 0 Å². The van der Waals surface area contributed by atoms with Crippen molar-refractivity contribution in [2.45, 2.75) is 32.2 Å². The average Bonchev–Trinajstić information content (AvgIpc) is 3.19. The molecule has 7 heteroatoms. The molecular formula is C21H27N5O2. The van der Waals surface area contributed by atoms with Gasteiger partial charge < -0.3 is 20.2 Å². The Balaban J connectivity index is 1.36. The standard InChI is InChI=1S/C21H27N5O2/c27-14-17-3-1-9-25(13-17)20-11-19(23-15-24-20)22-12-16-5-7-18(8-6-16)26-10-2-4-21(26)28/h5-8,11,15,17,27H,1-4,9-10,12-14H2,(H,22,23,24). The van der Waals surface area contributed by atoms with E-state index in [4.69, 9.17) is 0 Å². The van der Waals surface area contributed by atoms with Crippen LogP contribution in [-0.2, 0) is 11.3 Å². The first-order valence-corrected chi connectivity index (χ1v) is 10.0. The highest BCUT2D eigenvalue weighted by Crippen LogP contribution is 2.24. The second kappa shape index (κ2) is 8.56. The topological polar surface area (TPSA) is 81.6 Å². The van der Waals surface area contributed by atoms with Crippen LogP contribution in [0.4, 0.5) is 17.3 Å². The number of anilines is 3. The summed E-state index contributed by atoms with van der Waals surface area (Å²) in [5, 5.41) is 12.8. The fraction of sp³-hybridized carbons (Fsp3) is 0.476. The van der Waals surface area contributed by atoms with Crippen LogP contribution in [0.2, 0.25) is 0 Å². The highest BCUT2D eigenvalue weighted by Gasteiger charge is 2.22. The Morgan fingerprint density at radius 1 is 1.14 bits per heavy atom. The van der Waals surface area contributed by atoms with Crippen LogP contribution in [-0.4, -0.2) is 47.2 Å². The number of piperidine rings is 1. The number of hydrogen-bond acceptors (Lipinski definition) is 6. The zero-order chi connectivity index (χ0) is 19.3. The fourth-order valence-corrected chi connectivity index (χ4v) is 3.95. The molecule has 0 radical (unpaired) electrons. The Labute approximate surface area is 165 Å². The molecule has 3 heterocycles. The van der Waals surface area contributed by atoms with Crippen LogP contribution in [0, 0.1) is 5.92 Å². The number of rotatable bonds is 6. The minimum absolute atomic E-state index is 0.209. The SMILES string of the molecule is O=C1CCCN1c1ccc(CNc2cc(N3CCCC(CO)C3)ncn2)cc1. The molecule has 2 fully saturated rings. The predicted octanol–water partition coefficient (Wildman–Crippen LogP) is 2.42. The quantitative estimate of drug-likeness (QED) is 0.800. The van der Waals surface area contributed by atoms with E-state index in [1.165, 1.54) is 0 Å². The number of amides is 1. The molecule has 0 saturated carbocycles. The van der Waals surface area contributed by atoms with Crippen LogP contribution in [0.15, 0.2) is 36.7 Å². The monoisotopic (exact) mass is 381 g/mol. The molecule has 1 aromatic heterocycles. The van der Waals surface area contributed by atoms with E-state index in [2.05, 4.69) is 20.2 Å². The molecule has 2 aliphatic heterocycles. The van der Waals surface area contributed by atoms with E-state index in [0.717, 1.165) is 61.8 Å². The Kier molecular flexibility index (Phi) is 5.71. The molecule has 1 amide bonds. The van der Waals surface area contributed by atoms with Crippen molar-refractivity contribution in [2.75, 3.05) is 41.4 Å². The van der Waals surface area contributed by atoms with Gasteiger partial charge in [0.1, 0.15) is 18.0 Å². The molecular weight excluding hydrogens is 354 g/mol. The van der Waals surface area contributed by atoms with Crippen LogP contribution in [0.1, 0.15) is 31.2 Å². The van der Waals surface area contributed by atoms with Gasteiger partial charge in [0.05, 0.1) is 0 Å². The van der Waals surface area contributed by atoms with Crippen molar-refractivity contribution >= 4 is 23.2 Å². The minimum Gasteiger partial charge on any atom is -0.396 e. The highest BCUT2D eigenvalue weighted by molar-refractivity contribution is 5.95. The Morgan fingerprint density at radius 2 is 2.00 bits per heavy atom. The van der Waals surface area contributed by atoms with E-state index in [-0.39, 0.29) is 12.5 Å². The van der Waals surface area contributed by atoms with Gasteiger partial charge in [-0.05, 0) is 42.9 Å². The molecule has 7 nitrogen and oxygen atoms in total. The van der Waals surface area contributed by atoms with Gasteiger partial charge in [-0.15, -0.1) is 0 Å². The summed E-state index contributed by atoms with van der Waals surface area (Å²) >= 11 is 0. The Morgan fingerprint density at radius 3 is 2.75 bits per heavy atom. The van der Waals surface area contributed by atoms with E-state index >= 15 is 0 Å². The third-order valence-electron chi connectivity index (χ3n) is 5.55. The summed E-state index contributed by atoms with van der Waals surface area (Å²) in [6.45, 7) is 3.50. The van der Waals surface area contributed by atoms with Crippen LogP contribution in [0.25, 0.3) is 0 Å². The van der Waals surface area contributed by atoms with Crippen LogP contribution < -0.4 is 15.1 Å². The summed E-state index contributed by atoms with van der Waals surface area (Å²) in [4.78, 5) is 24.7. The molecule has 2 saturated heterocycles. The summed E-state index contributed by atoms with van der Waals surface area (Å²) in [6, 6.07) is 10.1. The lowest BCUT2D eigenvalue weighted by molar-refractivity contribution is -0.117. The molecule has 2 aromatic rings. The maximum absolute atomic E-state index is 11.9. The van der Waals surface area contributed by atoms with Crippen LogP contribution >= 0.6 is 0 Å². The van der Waals surface area contributed by atoms with Crippen molar-refractivity contribution in [1.29, 1.82) is 0 Å². The predicted molar refractivity (Wildman–Crippen MR) is 109 cm³/mol. The normalized spacial score (nSPS) is 19.9. The van der Waals surface area contributed by atoms with E-state index in [9.17, 15) is 9.90 Å². The number of carbonyl (C=O) groups is 1. The molecule has 1 atom stereocenters. The number of hydrogen-bond donors (Lipinski definition) is 2.